The fraction of sp³-hybridized carbons (Fsp3) is 0.467. The number of benzene rings is 1. The average molecular weight is 217 g/mol. The van der Waals surface area contributed by atoms with E-state index < -0.39 is 0 Å². The molecule has 0 radical (unpaired) electrons. The number of rotatable bonds is 6. The van der Waals surface area contributed by atoms with Gasteiger partial charge in [-0.3, -0.25) is 0 Å². The van der Waals surface area contributed by atoms with Gasteiger partial charge in [0.25, 0.3) is 0 Å². The molecule has 1 unspecified atom stereocenters. The summed E-state index contributed by atoms with van der Waals surface area (Å²) < 4.78 is 0. The lowest BCUT2D eigenvalue weighted by Gasteiger charge is -2.16. The highest BCUT2D eigenvalue weighted by Crippen LogP contribution is 2.13. The first-order valence-corrected chi connectivity index (χ1v) is 6.01. The van der Waals surface area contributed by atoms with Gasteiger partial charge in [0, 0.05) is 6.04 Å². The van der Waals surface area contributed by atoms with Crippen molar-refractivity contribution in [2.45, 2.75) is 39.2 Å². The number of likely N-dealkylation sites (N-methyl/N-ethyl adjacent to an activating group) is 1. The molecule has 0 spiro atoms. The summed E-state index contributed by atoms with van der Waals surface area (Å²) in [6.07, 6.45) is 5.33. The molecule has 0 fully saturated rings. The lowest BCUT2D eigenvalue weighted by Crippen LogP contribution is -2.27. The summed E-state index contributed by atoms with van der Waals surface area (Å²) in [5.41, 5.74) is 4.18. The molecule has 1 rings (SSSR count). The molecule has 0 bridgehead atoms. The van der Waals surface area contributed by atoms with Gasteiger partial charge >= 0.3 is 0 Å². The van der Waals surface area contributed by atoms with Crippen LogP contribution in [0.25, 0.3) is 0 Å². The molecular weight excluding hydrogens is 194 g/mol. The van der Waals surface area contributed by atoms with Crippen molar-refractivity contribution in [3.05, 3.63) is 47.5 Å². The van der Waals surface area contributed by atoms with E-state index in [2.05, 4.69) is 43.9 Å². The predicted molar refractivity (Wildman–Crippen MR) is 71.9 cm³/mol. The van der Waals surface area contributed by atoms with Gasteiger partial charge in [-0.05, 0) is 56.8 Å². The van der Waals surface area contributed by atoms with Crippen molar-refractivity contribution in [2.75, 3.05) is 7.05 Å². The molecule has 0 aliphatic carbocycles. The molecule has 1 N–H and O–H groups in total. The number of hydrogen-bond acceptors (Lipinski definition) is 1. The summed E-state index contributed by atoms with van der Waals surface area (Å²) in [7, 11) is 2.04. The highest BCUT2D eigenvalue weighted by Gasteiger charge is 2.06. The topological polar surface area (TPSA) is 12.0 Å². The van der Waals surface area contributed by atoms with Gasteiger partial charge in [0.2, 0.25) is 0 Å². The van der Waals surface area contributed by atoms with Crippen LogP contribution in [0.2, 0.25) is 0 Å². The minimum absolute atomic E-state index is 0.556. The average Bonchev–Trinajstić information content (AvgIpc) is 2.29. The molecule has 0 saturated carbocycles. The molecular formula is C15H23N. The van der Waals surface area contributed by atoms with Crippen molar-refractivity contribution in [3.63, 3.8) is 0 Å². The third kappa shape index (κ3) is 3.82. The second-order valence-electron chi connectivity index (χ2n) is 4.47. The Morgan fingerprint density at radius 1 is 1.31 bits per heavy atom. The third-order valence-electron chi connectivity index (χ3n) is 3.18. The summed E-state index contributed by atoms with van der Waals surface area (Å²) in [6, 6.07) is 7.30. The molecule has 88 valence electrons. The maximum Gasteiger partial charge on any atom is 0.0107 e. The van der Waals surface area contributed by atoms with Crippen LogP contribution in [0.5, 0.6) is 0 Å². The van der Waals surface area contributed by atoms with E-state index in [0.717, 1.165) is 19.3 Å². The number of aryl methyl sites for hydroxylation is 2. The highest BCUT2D eigenvalue weighted by atomic mass is 14.9. The maximum absolute atomic E-state index is 3.77. The van der Waals surface area contributed by atoms with Crippen LogP contribution in [-0.4, -0.2) is 13.1 Å². The molecule has 1 heteroatoms. The van der Waals surface area contributed by atoms with E-state index in [1.54, 1.807) is 0 Å². The van der Waals surface area contributed by atoms with Crippen molar-refractivity contribution in [1.82, 2.24) is 5.32 Å². The van der Waals surface area contributed by atoms with Gasteiger partial charge in [-0.1, -0.05) is 24.3 Å². The minimum Gasteiger partial charge on any atom is -0.317 e. The van der Waals surface area contributed by atoms with E-state index >= 15 is 0 Å². The summed E-state index contributed by atoms with van der Waals surface area (Å²) in [6.45, 7) is 8.11. The monoisotopic (exact) mass is 217 g/mol. The zero-order valence-electron chi connectivity index (χ0n) is 10.7. The van der Waals surface area contributed by atoms with Crippen molar-refractivity contribution < 1.29 is 0 Å². The van der Waals surface area contributed by atoms with Crippen LogP contribution in [0.1, 0.15) is 29.5 Å². The van der Waals surface area contributed by atoms with Crippen LogP contribution < -0.4 is 5.32 Å². The smallest absolute Gasteiger partial charge is 0.0107 e. The van der Waals surface area contributed by atoms with Crippen LogP contribution >= 0.6 is 0 Å². The van der Waals surface area contributed by atoms with E-state index in [0.29, 0.717) is 6.04 Å². The Morgan fingerprint density at radius 3 is 2.62 bits per heavy atom. The Kier molecular flexibility index (Phi) is 5.27. The molecule has 1 aromatic carbocycles. The first kappa shape index (κ1) is 13.0. The maximum atomic E-state index is 3.77. The molecule has 0 heterocycles. The number of nitrogens with one attached hydrogen (secondary N) is 1. The van der Waals surface area contributed by atoms with Gasteiger partial charge in [-0.15, -0.1) is 6.58 Å². The van der Waals surface area contributed by atoms with E-state index in [1.165, 1.54) is 16.7 Å². The predicted octanol–water partition coefficient (Wildman–Crippen LogP) is 3.40. The molecule has 0 aliphatic heterocycles. The molecule has 16 heavy (non-hydrogen) atoms. The zero-order chi connectivity index (χ0) is 12.0. The highest BCUT2D eigenvalue weighted by molar-refractivity contribution is 5.30. The first-order chi connectivity index (χ1) is 7.67. The second-order valence-corrected chi connectivity index (χ2v) is 4.47. The summed E-state index contributed by atoms with van der Waals surface area (Å²) in [5.74, 6) is 0. The van der Waals surface area contributed by atoms with Gasteiger partial charge in [0.1, 0.15) is 0 Å². The summed E-state index contributed by atoms with van der Waals surface area (Å²) in [5, 5.41) is 3.37. The summed E-state index contributed by atoms with van der Waals surface area (Å²) in [4.78, 5) is 0. The SMILES string of the molecule is C=CCCC(Cc1ccc(C)c(C)c1)NC. The summed E-state index contributed by atoms with van der Waals surface area (Å²) >= 11 is 0. The first-order valence-electron chi connectivity index (χ1n) is 6.01. The van der Waals surface area contributed by atoms with E-state index in [1.807, 2.05) is 13.1 Å². The molecule has 0 saturated heterocycles. The Balaban J connectivity index is 2.62. The molecule has 0 aliphatic rings. The van der Waals surface area contributed by atoms with Crippen LogP contribution in [-0.2, 0) is 6.42 Å². The fourth-order valence-electron chi connectivity index (χ4n) is 1.88. The molecule has 1 nitrogen and oxygen atoms in total. The van der Waals surface area contributed by atoms with E-state index in [9.17, 15) is 0 Å². The van der Waals surface area contributed by atoms with Gasteiger partial charge in [-0.25, -0.2) is 0 Å². The molecule has 0 aromatic heterocycles. The molecule has 1 atom stereocenters. The van der Waals surface area contributed by atoms with Gasteiger partial charge < -0.3 is 5.32 Å². The number of hydrogen-bond donors (Lipinski definition) is 1. The molecule has 1 aromatic rings. The van der Waals surface area contributed by atoms with E-state index in [-0.39, 0.29) is 0 Å². The standard InChI is InChI=1S/C15H23N/c1-5-6-7-15(16-4)11-14-9-8-12(2)13(3)10-14/h5,8-10,15-16H,1,6-7,11H2,2-4H3. The Bertz CT molecular complexity index is 341. The Labute approximate surface area is 99.6 Å². The fourth-order valence-corrected chi connectivity index (χ4v) is 1.88. The molecule has 0 amide bonds. The van der Waals surface area contributed by atoms with Gasteiger partial charge in [0.15, 0.2) is 0 Å². The van der Waals surface area contributed by atoms with Gasteiger partial charge in [0.05, 0.1) is 0 Å². The van der Waals surface area contributed by atoms with Crippen molar-refractivity contribution in [1.29, 1.82) is 0 Å². The van der Waals surface area contributed by atoms with Crippen LogP contribution in [0, 0.1) is 13.8 Å². The van der Waals surface area contributed by atoms with Crippen molar-refractivity contribution >= 4 is 0 Å². The van der Waals surface area contributed by atoms with Crippen molar-refractivity contribution in [3.8, 4) is 0 Å². The zero-order valence-corrected chi connectivity index (χ0v) is 10.7. The lowest BCUT2D eigenvalue weighted by atomic mass is 9.98. The second kappa shape index (κ2) is 6.49. The van der Waals surface area contributed by atoms with E-state index in [4.69, 9.17) is 0 Å². The van der Waals surface area contributed by atoms with Crippen molar-refractivity contribution in [2.24, 2.45) is 0 Å². The van der Waals surface area contributed by atoms with Crippen LogP contribution in [0.15, 0.2) is 30.9 Å². The lowest BCUT2D eigenvalue weighted by molar-refractivity contribution is 0.524. The largest absolute Gasteiger partial charge is 0.317 e. The van der Waals surface area contributed by atoms with Crippen LogP contribution in [0.3, 0.4) is 0 Å². The van der Waals surface area contributed by atoms with Gasteiger partial charge in [-0.2, -0.15) is 0 Å². The van der Waals surface area contributed by atoms with Crippen LogP contribution in [0.4, 0.5) is 0 Å². The minimum atomic E-state index is 0.556. The Hall–Kier alpha value is -1.08. The Morgan fingerprint density at radius 2 is 2.06 bits per heavy atom. The number of allylic oxidation sites excluding steroid dienone is 1. The third-order valence-corrected chi connectivity index (χ3v) is 3.18. The quantitative estimate of drug-likeness (QED) is 0.720. The normalized spacial score (nSPS) is 12.4.